The maximum Gasteiger partial charge on any atom is 0.229 e. The van der Waals surface area contributed by atoms with E-state index in [-0.39, 0.29) is 11.6 Å². The van der Waals surface area contributed by atoms with Crippen molar-refractivity contribution >= 4 is 39.1 Å². The van der Waals surface area contributed by atoms with Gasteiger partial charge in [-0.3, -0.25) is 0 Å². The molecule has 30 heavy (non-hydrogen) atoms. The fourth-order valence-corrected chi connectivity index (χ4v) is 4.22. The lowest BCUT2D eigenvalue weighted by atomic mass is 10.1. The third-order valence-corrected chi connectivity index (χ3v) is 5.52. The number of fused-ring (bicyclic) bond motifs is 1. The predicted octanol–water partition coefficient (Wildman–Crippen LogP) is 4.61. The minimum atomic E-state index is -3.13. The number of aromatic nitrogens is 2. The normalized spacial score (nSPS) is 13.0. The van der Waals surface area contributed by atoms with Crippen LogP contribution in [0.15, 0.2) is 54.2 Å². The first kappa shape index (κ1) is 20.0. The summed E-state index contributed by atoms with van der Waals surface area (Å²) in [7, 11) is -3.13. The Kier molecular flexibility index (Phi) is 5.26. The number of hydrogen-bond donors (Lipinski definition) is 2. The van der Waals surface area contributed by atoms with E-state index in [4.69, 9.17) is 0 Å². The Hall–Kier alpha value is -3.26. The zero-order valence-corrected chi connectivity index (χ0v) is 17.4. The van der Waals surface area contributed by atoms with E-state index in [0.29, 0.717) is 34.3 Å². The molecule has 0 saturated carbocycles. The lowest BCUT2D eigenvalue weighted by Crippen LogP contribution is -2.03. The standard InChI is InChI=1S/C22H21FN4O2S/c1-14-10-16-6-7-19(21(23)18(16)11-14)26-20-8-9-24-22(27-20)25-17-5-3-4-15(12-17)13-30(2,28)29/h3-9,11-12H,10,13H2,1-2H3,(H2,24,25,26,27). The lowest BCUT2D eigenvalue weighted by Gasteiger charge is -2.11. The molecule has 2 N–H and O–H groups in total. The van der Waals surface area contributed by atoms with E-state index in [0.717, 1.165) is 17.6 Å². The van der Waals surface area contributed by atoms with Crippen LogP contribution in [0.3, 0.4) is 0 Å². The molecule has 6 nitrogen and oxygen atoms in total. The van der Waals surface area contributed by atoms with Gasteiger partial charge in [0.15, 0.2) is 15.7 Å². The van der Waals surface area contributed by atoms with Crippen molar-refractivity contribution in [3.05, 3.63) is 76.7 Å². The van der Waals surface area contributed by atoms with Crippen LogP contribution in [-0.2, 0) is 22.0 Å². The van der Waals surface area contributed by atoms with Gasteiger partial charge in [-0.05, 0) is 48.7 Å². The maximum absolute atomic E-state index is 14.8. The Morgan fingerprint density at radius 2 is 1.97 bits per heavy atom. The molecule has 0 unspecified atom stereocenters. The van der Waals surface area contributed by atoms with Crippen LogP contribution in [0.2, 0.25) is 0 Å². The van der Waals surface area contributed by atoms with Gasteiger partial charge in [-0.2, -0.15) is 4.98 Å². The number of sulfone groups is 1. The molecule has 4 rings (SSSR count). The average Bonchev–Trinajstić information content (AvgIpc) is 3.05. The van der Waals surface area contributed by atoms with Crippen LogP contribution in [0.5, 0.6) is 0 Å². The summed E-state index contributed by atoms with van der Waals surface area (Å²) < 4.78 is 37.9. The number of nitrogens with zero attached hydrogens (tertiary/aromatic N) is 2. The van der Waals surface area contributed by atoms with Crippen LogP contribution in [0.25, 0.3) is 6.08 Å². The number of allylic oxidation sites excluding steroid dienone is 1. The van der Waals surface area contributed by atoms with Gasteiger partial charge in [0, 0.05) is 23.7 Å². The van der Waals surface area contributed by atoms with E-state index in [2.05, 4.69) is 20.6 Å². The first-order chi connectivity index (χ1) is 14.3. The summed E-state index contributed by atoms with van der Waals surface area (Å²) in [4.78, 5) is 8.57. The highest BCUT2D eigenvalue weighted by Gasteiger charge is 2.17. The van der Waals surface area contributed by atoms with Crippen molar-refractivity contribution < 1.29 is 12.8 Å². The minimum absolute atomic E-state index is 0.0451. The van der Waals surface area contributed by atoms with Gasteiger partial charge in [-0.15, -0.1) is 0 Å². The van der Waals surface area contributed by atoms with Gasteiger partial charge >= 0.3 is 0 Å². The molecule has 0 saturated heterocycles. The maximum atomic E-state index is 14.8. The Balaban J connectivity index is 1.53. The first-order valence-electron chi connectivity index (χ1n) is 9.39. The average molecular weight is 425 g/mol. The van der Waals surface area contributed by atoms with Gasteiger partial charge in [0.05, 0.1) is 11.4 Å². The van der Waals surface area contributed by atoms with Gasteiger partial charge in [-0.1, -0.05) is 29.8 Å². The smallest absolute Gasteiger partial charge is 0.229 e. The molecule has 0 aliphatic heterocycles. The highest BCUT2D eigenvalue weighted by molar-refractivity contribution is 7.89. The van der Waals surface area contributed by atoms with Crippen LogP contribution >= 0.6 is 0 Å². The molecule has 1 aromatic heterocycles. The Labute approximate surface area is 174 Å². The highest BCUT2D eigenvalue weighted by atomic mass is 32.2. The number of rotatable bonds is 6. The third kappa shape index (κ3) is 4.65. The van der Waals surface area contributed by atoms with Gasteiger partial charge in [0.1, 0.15) is 5.82 Å². The lowest BCUT2D eigenvalue weighted by molar-refractivity contribution is 0.601. The molecule has 8 heteroatoms. The van der Waals surface area contributed by atoms with E-state index in [1.54, 1.807) is 42.6 Å². The van der Waals surface area contributed by atoms with Gasteiger partial charge in [0.25, 0.3) is 0 Å². The zero-order valence-electron chi connectivity index (χ0n) is 16.6. The first-order valence-corrected chi connectivity index (χ1v) is 11.5. The second-order valence-electron chi connectivity index (χ2n) is 7.45. The molecule has 2 aromatic carbocycles. The van der Waals surface area contributed by atoms with Crippen molar-refractivity contribution in [3.8, 4) is 0 Å². The van der Waals surface area contributed by atoms with Gasteiger partial charge in [0.2, 0.25) is 5.95 Å². The van der Waals surface area contributed by atoms with Crippen molar-refractivity contribution in [3.63, 3.8) is 0 Å². The summed E-state index contributed by atoms with van der Waals surface area (Å²) in [5.41, 5.74) is 4.41. The van der Waals surface area contributed by atoms with Crippen LogP contribution in [-0.4, -0.2) is 24.6 Å². The predicted molar refractivity (Wildman–Crippen MR) is 117 cm³/mol. The SMILES string of the molecule is CC1=Cc2c(ccc(Nc3ccnc(Nc4cccc(CS(C)(=O)=O)c4)n3)c2F)C1. The third-order valence-electron chi connectivity index (χ3n) is 4.66. The molecule has 0 fully saturated rings. The van der Waals surface area contributed by atoms with Crippen LogP contribution < -0.4 is 10.6 Å². The van der Waals surface area contributed by atoms with E-state index in [1.165, 1.54) is 6.26 Å². The van der Waals surface area contributed by atoms with Gasteiger partial charge < -0.3 is 10.6 Å². The van der Waals surface area contributed by atoms with Crippen molar-refractivity contribution in [1.29, 1.82) is 0 Å². The number of nitrogens with one attached hydrogen (secondary N) is 2. The second kappa shape index (κ2) is 7.87. The minimum Gasteiger partial charge on any atom is -0.338 e. The summed E-state index contributed by atoms with van der Waals surface area (Å²) in [6, 6.07) is 12.3. The molecule has 3 aromatic rings. The van der Waals surface area contributed by atoms with Crippen molar-refractivity contribution in [1.82, 2.24) is 9.97 Å². The topological polar surface area (TPSA) is 84.0 Å². The van der Waals surface area contributed by atoms with Crippen LogP contribution in [0.4, 0.5) is 27.5 Å². The van der Waals surface area contributed by atoms with Crippen molar-refractivity contribution in [2.45, 2.75) is 19.1 Å². The number of hydrogen-bond acceptors (Lipinski definition) is 6. The zero-order chi connectivity index (χ0) is 21.3. The molecule has 1 aliphatic carbocycles. The molecular weight excluding hydrogens is 403 g/mol. The summed E-state index contributed by atoms with van der Waals surface area (Å²) in [6.07, 6.45) is 5.40. The summed E-state index contributed by atoms with van der Waals surface area (Å²) in [5, 5.41) is 6.07. The number of halogens is 1. The monoisotopic (exact) mass is 424 g/mol. The molecule has 0 bridgehead atoms. The van der Waals surface area contributed by atoms with E-state index in [1.807, 2.05) is 19.1 Å². The summed E-state index contributed by atoms with van der Waals surface area (Å²) >= 11 is 0. The molecule has 0 spiro atoms. The van der Waals surface area contributed by atoms with Crippen LogP contribution in [0.1, 0.15) is 23.6 Å². The van der Waals surface area contributed by atoms with E-state index in [9.17, 15) is 12.8 Å². The largest absolute Gasteiger partial charge is 0.338 e. The number of benzene rings is 2. The Morgan fingerprint density at radius 3 is 2.77 bits per heavy atom. The number of anilines is 4. The molecule has 1 heterocycles. The Morgan fingerprint density at radius 1 is 1.13 bits per heavy atom. The molecule has 0 atom stereocenters. The molecule has 0 amide bonds. The quantitative estimate of drug-likeness (QED) is 0.601. The second-order valence-corrected chi connectivity index (χ2v) is 9.59. The molecule has 1 aliphatic rings. The van der Waals surface area contributed by atoms with Gasteiger partial charge in [-0.25, -0.2) is 17.8 Å². The van der Waals surface area contributed by atoms with Crippen molar-refractivity contribution in [2.75, 3.05) is 16.9 Å². The fourth-order valence-electron chi connectivity index (χ4n) is 3.43. The van der Waals surface area contributed by atoms with Crippen molar-refractivity contribution in [2.24, 2.45) is 0 Å². The molecule has 0 radical (unpaired) electrons. The Bertz CT molecular complexity index is 1260. The van der Waals surface area contributed by atoms with E-state index < -0.39 is 9.84 Å². The summed E-state index contributed by atoms with van der Waals surface area (Å²) in [5.74, 6) is 0.411. The summed E-state index contributed by atoms with van der Waals surface area (Å²) in [6.45, 7) is 1.99. The van der Waals surface area contributed by atoms with Crippen LogP contribution in [0, 0.1) is 5.82 Å². The van der Waals surface area contributed by atoms with E-state index >= 15 is 0 Å². The molecular formula is C22H21FN4O2S. The fraction of sp³-hybridized carbons (Fsp3) is 0.182. The molecule has 154 valence electrons. The highest BCUT2D eigenvalue weighted by Crippen LogP contribution is 2.32.